The Morgan fingerprint density at radius 2 is 1.63 bits per heavy atom. The summed E-state index contributed by atoms with van der Waals surface area (Å²) < 4.78 is 31.1. The van der Waals surface area contributed by atoms with Crippen LogP contribution in [0.2, 0.25) is 0 Å². The number of nitrogens with one attached hydrogen (secondary N) is 4. The average Bonchev–Trinajstić information content (AvgIpc) is 3.07. The molecule has 0 aliphatic heterocycles. The maximum Gasteiger partial charge on any atom is 0.305 e. The van der Waals surface area contributed by atoms with E-state index >= 15 is 0 Å². The third-order valence-corrected chi connectivity index (χ3v) is 6.94. The number of amides is 1. The Labute approximate surface area is 315 Å². The van der Waals surface area contributed by atoms with E-state index in [9.17, 15) is 9.59 Å². The molecule has 0 atom stereocenters. The molecule has 46 heavy (non-hydrogen) atoms. The van der Waals surface area contributed by atoms with Gasteiger partial charge in [-0.15, -0.1) is 24.2 Å². The van der Waals surface area contributed by atoms with Gasteiger partial charge < -0.3 is 34.9 Å². The molecule has 0 aromatic rings. The number of thiol groups is 1. The Morgan fingerprint density at radius 3 is 2.13 bits per heavy atom. The van der Waals surface area contributed by atoms with Gasteiger partial charge in [0, 0.05) is 72.4 Å². The highest BCUT2D eigenvalue weighted by molar-refractivity contribution is 8.01. The number of hydroxylamine groups is 2. The van der Waals surface area contributed by atoms with Crippen molar-refractivity contribution < 1.29 is 37.9 Å². The van der Waals surface area contributed by atoms with E-state index in [1.54, 1.807) is 47.2 Å². The third kappa shape index (κ3) is 59.0. The minimum Gasteiger partial charge on any atom is -0.469 e. The zero-order valence-corrected chi connectivity index (χ0v) is 33.6. The molecule has 0 rings (SSSR count). The SMILES string of the molecule is C=C(OCC)ONCCS.C=C(OCCC(=O)NCCSC)ONCCSNCSC.COC(=O)CCCN=S.CSCCN.Cl.[2H][3H].[3HH]. The van der Waals surface area contributed by atoms with E-state index in [0.717, 1.165) is 35.4 Å². The molecule has 0 heterocycles. The maximum absolute atomic E-state index is 11.4. The summed E-state index contributed by atoms with van der Waals surface area (Å²) in [6.45, 7) is 13.2. The van der Waals surface area contributed by atoms with Gasteiger partial charge in [0.1, 0.15) is 6.61 Å². The van der Waals surface area contributed by atoms with Crippen LogP contribution in [0.5, 0.6) is 0 Å². The fraction of sp³-hybridized carbons (Fsp3) is 0.769. The summed E-state index contributed by atoms with van der Waals surface area (Å²) in [5.74, 6) is 4.75. The normalized spacial score (nSPS) is 9.37. The van der Waals surface area contributed by atoms with Crippen LogP contribution in [0.3, 0.4) is 0 Å². The van der Waals surface area contributed by atoms with Crippen LogP contribution < -0.4 is 26.7 Å². The summed E-state index contributed by atoms with van der Waals surface area (Å²) in [4.78, 5) is 31.7. The lowest BCUT2D eigenvalue weighted by molar-refractivity contribution is -0.140. The molecule has 6 N–H and O–H groups in total. The predicted molar refractivity (Wildman–Crippen MR) is 213 cm³/mol. The monoisotopic (exact) mass is 801 g/mol. The number of nitrogens with two attached hydrogens (primary N) is 1. The number of carbonyl (C=O) groups is 2. The Balaban J connectivity index is -0.000000106. The van der Waals surface area contributed by atoms with Crippen LogP contribution in [0.1, 0.15) is 30.6 Å². The van der Waals surface area contributed by atoms with Crippen molar-refractivity contribution in [1.82, 2.24) is 21.0 Å². The average molecular weight is 803 g/mol. The molecule has 0 radical (unpaired) electrons. The molecule has 0 aliphatic rings. The highest BCUT2D eigenvalue weighted by Gasteiger charge is 2.02. The molecular formula is C26H61ClN6O7S6. The lowest BCUT2D eigenvalue weighted by Crippen LogP contribution is -2.26. The molecule has 0 saturated carbocycles. The minimum atomic E-state index is -0.200. The predicted octanol–water partition coefficient (Wildman–Crippen LogP) is 4.26. The fourth-order valence-electron chi connectivity index (χ4n) is 1.94. The van der Waals surface area contributed by atoms with Crippen LogP contribution in [0, 0.1) is 0 Å². The number of hydrogen-bond donors (Lipinski definition) is 6. The zero-order chi connectivity index (χ0) is 36.8. The quantitative estimate of drug-likeness (QED) is 0.0133. The van der Waals surface area contributed by atoms with E-state index in [0.29, 0.717) is 58.0 Å². The minimum absolute atomic E-state index is 0. The first-order valence-electron chi connectivity index (χ1n) is 14.9. The van der Waals surface area contributed by atoms with Crippen molar-refractivity contribution in [3.8, 4) is 0 Å². The second-order valence-electron chi connectivity index (χ2n) is 7.57. The van der Waals surface area contributed by atoms with Gasteiger partial charge in [0.05, 0.1) is 32.6 Å². The summed E-state index contributed by atoms with van der Waals surface area (Å²) in [5, 5.41) is 2.80. The maximum atomic E-state index is 11.4. The van der Waals surface area contributed by atoms with Crippen LogP contribution >= 0.6 is 72.3 Å². The van der Waals surface area contributed by atoms with Crippen LogP contribution in [-0.2, 0) is 45.9 Å². The molecule has 0 saturated heterocycles. The van der Waals surface area contributed by atoms with Crippen molar-refractivity contribution in [3.05, 3.63) is 25.0 Å². The molecular weight excluding hydrogens is 736 g/mol. The molecule has 0 bridgehead atoms. The van der Waals surface area contributed by atoms with Gasteiger partial charge in [0.2, 0.25) is 5.91 Å². The van der Waals surface area contributed by atoms with E-state index in [1.165, 1.54) is 7.11 Å². The summed E-state index contributed by atoms with van der Waals surface area (Å²) >= 11 is 15.1. The second-order valence-corrected chi connectivity index (χ2v) is 12.1. The molecule has 280 valence electrons. The lowest BCUT2D eigenvalue weighted by Gasteiger charge is -2.11. The number of nitrogens with zero attached hydrogens (tertiary/aromatic N) is 1. The van der Waals surface area contributed by atoms with E-state index in [4.69, 9.17) is 27.9 Å². The van der Waals surface area contributed by atoms with Crippen molar-refractivity contribution in [2.24, 2.45) is 10.1 Å². The van der Waals surface area contributed by atoms with Gasteiger partial charge in [-0.3, -0.25) is 14.3 Å². The zero-order valence-electron chi connectivity index (χ0n) is 29.8. The van der Waals surface area contributed by atoms with Gasteiger partial charge in [0.15, 0.2) is 0 Å². The van der Waals surface area contributed by atoms with E-state index in [1.807, 2.05) is 25.7 Å². The molecule has 20 heteroatoms. The molecule has 0 aromatic heterocycles. The molecule has 13 nitrogen and oxygen atoms in total. The summed E-state index contributed by atoms with van der Waals surface area (Å²) in [7, 11) is 1.37. The van der Waals surface area contributed by atoms with Crippen molar-refractivity contribution in [2.75, 3.05) is 101 Å². The van der Waals surface area contributed by atoms with Gasteiger partial charge in [0.25, 0.3) is 11.9 Å². The molecule has 0 aliphatic carbocycles. The third-order valence-electron chi connectivity index (χ3n) is 3.90. The second kappa shape index (κ2) is 51.4. The number of carbonyl (C=O) groups excluding carboxylic acids is 2. The highest BCUT2D eigenvalue weighted by atomic mass is 35.5. The van der Waals surface area contributed by atoms with Gasteiger partial charge in [-0.2, -0.15) is 47.1 Å². The summed E-state index contributed by atoms with van der Waals surface area (Å²) in [6.07, 6.45) is 7.49. The van der Waals surface area contributed by atoms with E-state index in [-0.39, 0.29) is 38.3 Å². The Bertz CT molecular complexity index is 713. The summed E-state index contributed by atoms with van der Waals surface area (Å²) in [5.41, 5.74) is 10.5. The molecule has 1 amide bonds. The van der Waals surface area contributed by atoms with E-state index < -0.39 is 0 Å². The largest absolute Gasteiger partial charge is 0.469 e. The number of ether oxygens (including phenoxy) is 3. The Morgan fingerprint density at radius 1 is 1.00 bits per heavy atom. The van der Waals surface area contributed by atoms with Crippen molar-refractivity contribution in [2.45, 2.75) is 26.2 Å². The number of hydrogen-bond acceptors (Lipinski definition) is 18. The first kappa shape index (κ1) is 52.3. The van der Waals surface area contributed by atoms with Crippen LogP contribution in [0.15, 0.2) is 29.4 Å². The molecule has 0 spiro atoms. The van der Waals surface area contributed by atoms with Gasteiger partial charge in [-0.25, -0.2) is 4.36 Å². The molecule has 0 unspecified atom stereocenters. The number of methoxy groups -OCH3 is 1. The lowest BCUT2D eigenvalue weighted by atomic mass is 10.3. The number of halogens is 1. The van der Waals surface area contributed by atoms with Crippen LogP contribution in [0.4, 0.5) is 0 Å². The number of rotatable bonds is 27. The van der Waals surface area contributed by atoms with Gasteiger partial charge in [-0.1, -0.05) is 11.9 Å². The standard InChI is InChI=1S/C12H25N3O3S3.C6H13NO2S.C5H9NO2S.C3H9NS.ClH.2H2/c1-11(18-14-6-9-21-15-10-20-3)17-7-4-12(16)13-5-8-19-2;1-3-8-6(2)9-7-4-5-10;1-8-5(7)3-2-4-6-9;1-5-3-2-4;;;/h14-15H,1,4-10H2,2-3H3,(H,13,16);7,10H,2-5H2,1H3;2-4H2,1H3;2-4H2,1H3;3*1H/i;;;;;1+2D;1+2. The van der Waals surface area contributed by atoms with Crippen LogP contribution in [-0.4, -0.2) is 113 Å². The highest BCUT2D eigenvalue weighted by Crippen LogP contribution is 1.98. The Hall–Kier alpha value is -0.480. The molecule has 0 aromatic carbocycles. The fourth-order valence-corrected chi connectivity index (χ4v) is 3.84. The number of thioether (sulfide) groups is 3. The molecule has 0 fully saturated rings. The number of esters is 1. The van der Waals surface area contributed by atoms with Gasteiger partial charge in [-0.05, 0) is 45.3 Å². The van der Waals surface area contributed by atoms with Crippen molar-refractivity contribution in [3.63, 3.8) is 0 Å². The van der Waals surface area contributed by atoms with E-state index in [2.05, 4.69) is 68.3 Å². The first-order chi connectivity index (χ1) is 22.7. The van der Waals surface area contributed by atoms with Crippen LogP contribution in [0.25, 0.3) is 0 Å². The van der Waals surface area contributed by atoms with Gasteiger partial charge >= 0.3 is 5.97 Å². The van der Waals surface area contributed by atoms with Crippen molar-refractivity contribution >= 4 is 96.6 Å². The summed E-state index contributed by atoms with van der Waals surface area (Å²) in [6, 6.07) is 0. The van der Waals surface area contributed by atoms with Crippen molar-refractivity contribution in [1.29, 1.82) is 0 Å². The first-order valence-corrected chi connectivity index (χ1v) is 20.1. The topological polar surface area (TPSA) is 167 Å². The Kier molecular flexibility index (Phi) is 58.4. The smallest absolute Gasteiger partial charge is 0.305 e.